The lowest BCUT2D eigenvalue weighted by Crippen LogP contribution is -2.44. The maximum absolute atomic E-state index is 6.29. The summed E-state index contributed by atoms with van der Waals surface area (Å²) < 4.78 is 13.9. The standard InChI is InChI=1S/C25H32ClN3O2/c1-8-21(30-7)22(27-9-2)23-28-20(16-29(23)19-12-10-18(26)11-13-19)17-14-24(3,4)31-25(5,6)15-17/h8-13,16-17H,1,14-15H2,2-7H3/b22-21+,27-9-. The fraction of sp³-hybridized carbons (Fsp3) is 0.440. The van der Waals surface area contributed by atoms with Gasteiger partial charge in [-0.25, -0.2) is 4.98 Å². The highest BCUT2D eigenvalue weighted by molar-refractivity contribution is 6.30. The molecule has 0 radical (unpaired) electrons. The fourth-order valence-electron chi connectivity index (χ4n) is 4.50. The van der Waals surface area contributed by atoms with E-state index < -0.39 is 0 Å². The Morgan fingerprint density at radius 2 is 1.84 bits per heavy atom. The second kappa shape index (κ2) is 9.01. The van der Waals surface area contributed by atoms with Crippen LogP contribution in [0.2, 0.25) is 5.02 Å². The lowest BCUT2D eigenvalue weighted by atomic mass is 9.79. The number of aromatic nitrogens is 2. The first-order valence-electron chi connectivity index (χ1n) is 10.5. The summed E-state index contributed by atoms with van der Waals surface area (Å²) in [6.45, 7) is 14.3. The first-order chi connectivity index (χ1) is 14.6. The summed E-state index contributed by atoms with van der Waals surface area (Å²) in [6.07, 6.45) is 7.27. The van der Waals surface area contributed by atoms with E-state index in [1.165, 1.54) is 0 Å². The molecule has 0 atom stereocenters. The monoisotopic (exact) mass is 441 g/mol. The molecule has 5 nitrogen and oxygen atoms in total. The molecule has 0 spiro atoms. The number of aliphatic imine (C=N–C) groups is 1. The van der Waals surface area contributed by atoms with Gasteiger partial charge in [-0.15, -0.1) is 0 Å². The molecule has 3 rings (SSSR count). The highest BCUT2D eigenvalue weighted by atomic mass is 35.5. The number of rotatable bonds is 6. The Bertz CT molecular complexity index is 984. The molecule has 0 bridgehead atoms. The summed E-state index contributed by atoms with van der Waals surface area (Å²) in [7, 11) is 1.61. The SMILES string of the molecule is C=C/C(OC)=C(\N=C/C)c1nc(C2CC(C)(C)OC(C)(C)C2)cn1-c1ccc(Cl)cc1. The van der Waals surface area contributed by atoms with Crippen LogP contribution in [0.4, 0.5) is 0 Å². The molecule has 6 heteroatoms. The highest BCUT2D eigenvalue weighted by Crippen LogP contribution is 2.43. The van der Waals surface area contributed by atoms with Gasteiger partial charge in [0.05, 0.1) is 24.0 Å². The third-order valence-electron chi connectivity index (χ3n) is 5.38. The fourth-order valence-corrected chi connectivity index (χ4v) is 4.62. The van der Waals surface area contributed by atoms with Crippen LogP contribution in [0.15, 0.2) is 53.9 Å². The van der Waals surface area contributed by atoms with E-state index in [0.717, 1.165) is 24.2 Å². The van der Waals surface area contributed by atoms with Gasteiger partial charge in [0.1, 0.15) is 11.5 Å². The largest absolute Gasteiger partial charge is 0.494 e. The van der Waals surface area contributed by atoms with Gasteiger partial charge in [0, 0.05) is 29.0 Å². The van der Waals surface area contributed by atoms with E-state index in [0.29, 0.717) is 22.3 Å². The van der Waals surface area contributed by atoms with Gasteiger partial charge in [-0.1, -0.05) is 18.2 Å². The van der Waals surface area contributed by atoms with Crippen molar-refractivity contribution in [2.24, 2.45) is 4.99 Å². The third kappa shape index (κ3) is 5.28. The van der Waals surface area contributed by atoms with Gasteiger partial charge in [0.2, 0.25) is 0 Å². The number of methoxy groups -OCH3 is 1. The zero-order valence-electron chi connectivity index (χ0n) is 19.3. The van der Waals surface area contributed by atoms with Crippen LogP contribution in [-0.2, 0) is 9.47 Å². The average molecular weight is 442 g/mol. The van der Waals surface area contributed by atoms with Gasteiger partial charge in [-0.3, -0.25) is 9.56 Å². The second-order valence-electron chi connectivity index (χ2n) is 9.07. The number of imidazole rings is 1. The maximum Gasteiger partial charge on any atom is 0.167 e. The van der Waals surface area contributed by atoms with E-state index in [2.05, 4.69) is 45.5 Å². The smallest absolute Gasteiger partial charge is 0.167 e. The summed E-state index contributed by atoms with van der Waals surface area (Å²) in [5.41, 5.74) is 2.14. The molecule has 0 saturated carbocycles. The van der Waals surface area contributed by atoms with E-state index in [9.17, 15) is 0 Å². The van der Waals surface area contributed by atoms with Crippen molar-refractivity contribution in [2.75, 3.05) is 7.11 Å². The van der Waals surface area contributed by atoms with Crippen molar-refractivity contribution in [2.45, 2.75) is 64.6 Å². The molecule has 1 aromatic heterocycles. The maximum atomic E-state index is 6.29. The molecule has 31 heavy (non-hydrogen) atoms. The number of allylic oxidation sites excluding steroid dienone is 1. The van der Waals surface area contributed by atoms with E-state index >= 15 is 0 Å². The molecule has 0 unspecified atom stereocenters. The van der Waals surface area contributed by atoms with E-state index in [1.807, 2.05) is 35.8 Å². The van der Waals surface area contributed by atoms with Crippen LogP contribution in [-0.4, -0.2) is 34.1 Å². The number of hydrogen-bond acceptors (Lipinski definition) is 4. The lowest BCUT2D eigenvalue weighted by molar-refractivity contribution is -0.162. The zero-order valence-corrected chi connectivity index (χ0v) is 20.0. The van der Waals surface area contributed by atoms with Crippen molar-refractivity contribution in [3.05, 3.63) is 65.4 Å². The van der Waals surface area contributed by atoms with Gasteiger partial charge >= 0.3 is 0 Å². The summed E-state index contributed by atoms with van der Waals surface area (Å²) in [4.78, 5) is 9.65. The molecule has 0 aliphatic carbocycles. The Kier molecular flexibility index (Phi) is 6.77. The molecule has 166 valence electrons. The molecule has 2 heterocycles. The minimum absolute atomic E-state index is 0.227. The minimum Gasteiger partial charge on any atom is -0.494 e. The molecule has 1 aromatic carbocycles. The Morgan fingerprint density at radius 1 is 1.23 bits per heavy atom. The molecule has 2 aromatic rings. The minimum atomic E-state index is -0.227. The van der Waals surface area contributed by atoms with Gasteiger partial charge < -0.3 is 9.47 Å². The predicted octanol–water partition coefficient (Wildman–Crippen LogP) is 6.57. The van der Waals surface area contributed by atoms with Gasteiger partial charge in [-0.2, -0.15) is 0 Å². The number of ether oxygens (including phenoxy) is 2. The van der Waals surface area contributed by atoms with Crippen LogP contribution in [0.25, 0.3) is 11.4 Å². The molecule has 0 amide bonds. The highest BCUT2D eigenvalue weighted by Gasteiger charge is 2.41. The third-order valence-corrected chi connectivity index (χ3v) is 5.64. The first kappa shape index (κ1) is 23.3. The summed E-state index contributed by atoms with van der Waals surface area (Å²) >= 11 is 6.13. The number of halogens is 1. The molecule has 0 N–H and O–H groups in total. The average Bonchev–Trinajstić information content (AvgIpc) is 3.11. The Balaban J connectivity index is 2.20. The molecule has 1 saturated heterocycles. The Labute approximate surface area is 190 Å². The number of nitrogens with zero attached hydrogens (tertiary/aromatic N) is 3. The van der Waals surface area contributed by atoms with Crippen LogP contribution in [0.1, 0.15) is 64.9 Å². The van der Waals surface area contributed by atoms with Crippen molar-refractivity contribution in [1.29, 1.82) is 0 Å². The van der Waals surface area contributed by atoms with E-state index in [4.69, 9.17) is 26.1 Å². The van der Waals surface area contributed by atoms with Crippen LogP contribution in [0.3, 0.4) is 0 Å². The van der Waals surface area contributed by atoms with Gasteiger partial charge in [-0.05, 0) is 77.8 Å². The van der Waals surface area contributed by atoms with Gasteiger partial charge in [0.25, 0.3) is 0 Å². The van der Waals surface area contributed by atoms with Crippen molar-refractivity contribution in [3.8, 4) is 5.69 Å². The molecular formula is C25H32ClN3O2. The topological polar surface area (TPSA) is 48.6 Å². The van der Waals surface area contributed by atoms with E-state index in [-0.39, 0.29) is 17.1 Å². The zero-order chi connectivity index (χ0) is 22.8. The first-order valence-corrected chi connectivity index (χ1v) is 10.9. The molecule has 1 fully saturated rings. The number of hydrogen-bond donors (Lipinski definition) is 0. The lowest BCUT2D eigenvalue weighted by Gasteiger charge is -2.45. The van der Waals surface area contributed by atoms with Crippen molar-refractivity contribution in [3.63, 3.8) is 0 Å². The van der Waals surface area contributed by atoms with E-state index in [1.54, 1.807) is 19.4 Å². The van der Waals surface area contributed by atoms with Crippen molar-refractivity contribution >= 4 is 23.5 Å². The van der Waals surface area contributed by atoms with Crippen molar-refractivity contribution < 1.29 is 9.47 Å². The van der Waals surface area contributed by atoms with Crippen LogP contribution in [0.5, 0.6) is 0 Å². The Hall–Kier alpha value is -2.37. The van der Waals surface area contributed by atoms with Crippen molar-refractivity contribution in [1.82, 2.24) is 9.55 Å². The second-order valence-corrected chi connectivity index (χ2v) is 9.51. The number of benzene rings is 1. The van der Waals surface area contributed by atoms with Crippen LogP contribution >= 0.6 is 11.6 Å². The predicted molar refractivity (Wildman–Crippen MR) is 128 cm³/mol. The van der Waals surface area contributed by atoms with Gasteiger partial charge in [0.15, 0.2) is 5.82 Å². The summed E-state index contributed by atoms with van der Waals surface area (Å²) in [5.74, 6) is 1.53. The summed E-state index contributed by atoms with van der Waals surface area (Å²) in [5, 5.41) is 0.685. The molecule has 1 aliphatic rings. The quantitative estimate of drug-likeness (QED) is 0.289. The van der Waals surface area contributed by atoms with Crippen LogP contribution in [0, 0.1) is 0 Å². The Morgan fingerprint density at radius 3 is 2.35 bits per heavy atom. The van der Waals surface area contributed by atoms with Crippen LogP contribution < -0.4 is 0 Å². The summed E-state index contributed by atoms with van der Waals surface area (Å²) in [6, 6.07) is 7.70. The molecular weight excluding hydrogens is 410 g/mol. The molecule has 1 aliphatic heterocycles. The normalized spacial score (nSPS) is 19.3.